The van der Waals surface area contributed by atoms with Crippen LogP contribution in [0.25, 0.3) is 112 Å². The normalized spacial score (nSPS) is 12.0. The van der Waals surface area contributed by atoms with Gasteiger partial charge in [0.25, 0.3) is 5.91 Å². The Labute approximate surface area is 761 Å². The van der Waals surface area contributed by atoms with E-state index in [-0.39, 0.29) is 68.2 Å². The Morgan fingerprint density at radius 2 is 0.806 bits per heavy atom. The Morgan fingerprint density at radius 3 is 1.26 bits per heavy atom. The lowest BCUT2D eigenvalue weighted by Gasteiger charge is -2.17. The van der Waals surface area contributed by atoms with Crippen molar-refractivity contribution in [3.05, 3.63) is 320 Å². The number of carbonyl (C=O) groups is 2. The maximum Gasteiger partial charge on any atom is 0.339 e. The number of rotatable bonds is 22. The molecular formula is C92H76BrCl4F3N26O3. The van der Waals surface area contributed by atoms with Gasteiger partial charge in [-0.25, -0.2) is 82.8 Å². The molecule has 37 heteroatoms. The van der Waals surface area contributed by atoms with Crippen molar-refractivity contribution < 1.29 is 27.9 Å². The maximum absolute atomic E-state index is 14.3. The number of carbonyl (C=O) groups excluding carboxylic acids is 1. The molecule has 15 heterocycles. The van der Waals surface area contributed by atoms with Crippen LogP contribution in [0.3, 0.4) is 0 Å². The van der Waals surface area contributed by atoms with Crippen LogP contribution in [0.4, 0.5) is 42.0 Å². The van der Waals surface area contributed by atoms with Crippen LogP contribution in [0.5, 0.6) is 0 Å². The quantitative estimate of drug-likeness (QED) is 0.0300. The number of halogens is 8. The largest absolute Gasteiger partial charge is 0.478 e. The van der Waals surface area contributed by atoms with Crippen LogP contribution in [0.2, 0.25) is 20.6 Å². The van der Waals surface area contributed by atoms with E-state index >= 15 is 0 Å². The minimum atomic E-state index is -1.11. The average Bonchev–Trinajstić information content (AvgIpc) is 1.75. The zero-order valence-corrected chi connectivity index (χ0v) is 73.5. The lowest BCUT2D eigenvalue weighted by Crippen LogP contribution is -2.17. The highest BCUT2D eigenvalue weighted by Gasteiger charge is 2.23. The van der Waals surface area contributed by atoms with Gasteiger partial charge in [-0.1, -0.05) is 144 Å². The van der Waals surface area contributed by atoms with Crippen LogP contribution in [0.15, 0.2) is 249 Å². The Hall–Kier alpha value is -14.9. The molecule has 13 N–H and O–H groups in total. The molecule has 0 aliphatic carbocycles. The number of hydrogen-bond donors (Lipinski definition) is 12. The number of nitrogens with zero attached hydrogens (tertiary/aromatic N) is 15. The molecule has 0 aliphatic heterocycles. The SMILES string of the molecule is CCCNc1cccc(-c2c[nH]c3ncc(Br)nc23)n1.C[C@H](Nc1cc(-c2c[nH]c3ncc(Cl)nc23)ncc1F)c1ccccc1.C[C@H](Nc1ccnc(-c2c[nH]c3ncc(Cl)nc23)c1)c1ccccc1.C[C@H](Nc1nc(-c2c[nH]c3ncc(Cl)nc23)ccc1C(=O)O)c1ccc(F)cc1.C[C@H](Nc1nc(-c2c[nH]c3ncc(Cl)nc23)ccc1C(N)=O)c1ccc(F)cc1. The summed E-state index contributed by atoms with van der Waals surface area (Å²) in [5.74, 6) is -1.42. The third-order valence-electron chi connectivity index (χ3n) is 20.1. The summed E-state index contributed by atoms with van der Waals surface area (Å²) in [6.45, 7) is 10.9. The number of aromatic amines is 5. The molecule has 0 bridgehead atoms. The second kappa shape index (κ2) is 40.6. The predicted octanol–water partition coefficient (Wildman–Crippen LogP) is 22.2. The second-order valence-electron chi connectivity index (χ2n) is 29.0. The summed E-state index contributed by atoms with van der Waals surface area (Å²) in [5.41, 5.74) is 24.7. The molecule has 0 radical (unpaired) electrons. The molecule has 0 saturated heterocycles. The molecule has 19 aromatic rings. The van der Waals surface area contributed by atoms with Gasteiger partial charge in [-0.05, 0) is 151 Å². The van der Waals surface area contributed by atoms with Crippen molar-refractivity contribution in [1.29, 1.82) is 0 Å². The van der Waals surface area contributed by atoms with Crippen LogP contribution < -0.4 is 32.3 Å². The predicted molar refractivity (Wildman–Crippen MR) is 501 cm³/mol. The maximum atomic E-state index is 14.3. The summed E-state index contributed by atoms with van der Waals surface area (Å²) in [6.07, 6.45) is 20.5. The van der Waals surface area contributed by atoms with E-state index in [0.717, 1.165) is 74.8 Å². The Balaban J connectivity index is 0.000000124. The fourth-order valence-electron chi connectivity index (χ4n) is 13.6. The van der Waals surface area contributed by atoms with E-state index in [1.165, 1.54) is 66.9 Å². The van der Waals surface area contributed by atoms with Gasteiger partial charge in [0.05, 0.1) is 76.9 Å². The molecule has 648 valence electrons. The van der Waals surface area contributed by atoms with Gasteiger partial charge in [0.2, 0.25) is 0 Å². The average molecular weight is 1870 g/mol. The number of carboxylic acid groups (broad SMARTS) is 1. The fourth-order valence-corrected chi connectivity index (χ4v) is 14.5. The van der Waals surface area contributed by atoms with Gasteiger partial charge in [-0.2, -0.15) is 0 Å². The number of aromatic carboxylic acids is 1. The van der Waals surface area contributed by atoms with Crippen LogP contribution in [-0.2, 0) is 0 Å². The third kappa shape index (κ3) is 21.6. The topological polar surface area (TPSA) is 413 Å². The molecule has 4 aromatic carbocycles. The molecule has 1 amide bonds. The lowest BCUT2D eigenvalue weighted by atomic mass is 10.1. The molecule has 0 fully saturated rings. The minimum Gasteiger partial charge on any atom is -0.478 e. The summed E-state index contributed by atoms with van der Waals surface area (Å²) < 4.78 is 41.4. The first-order valence-corrected chi connectivity index (χ1v) is 42.3. The fraction of sp³-hybridized carbons (Fsp3) is 0.120. The van der Waals surface area contributed by atoms with E-state index in [1.54, 1.807) is 79.5 Å². The summed E-state index contributed by atoms with van der Waals surface area (Å²) in [6, 6.07) is 49.7. The highest BCUT2D eigenvalue weighted by Crippen LogP contribution is 2.37. The lowest BCUT2D eigenvalue weighted by molar-refractivity contribution is 0.0697. The number of H-pyrrole nitrogens is 5. The van der Waals surface area contributed by atoms with Crippen LogP contribution in [0, 0.1) is 17.5 Å². The molecule has 4 atom stereocenters. The van der Waals surface area contributed by atoms with E-state index in [9.17, 15) is 27.9 Å². The number of carboxylic acids is 1. The highest BCUT2D eigenvalue weighted by atomic mass is 79.9. The number of nitrogens with one attached hydrogen (secondary N) is 10. The monoisotopic (exact) mass is 1870 g/mol. The number of fused-ring (bicyclic) bond motifs is 5. The highest BCUT2D eigenvalue weighted by molar-refractivity contribution is 9.10. The molecule has 0 aliphatic rings. The Kier molecular flexibility index (Phi) is 28.0. The van der Waals surface area contributed by atoms with E-state index in [2.05, 4.69) is 168 Å². The number of amides is 1. The van der Waals surface area contributed by atoms with Crippen molar-refractivity contribution in [1.82, 2.24) is 99.7 Å². The molecule has 0 unspecified atom stereocenters. The number of hydrogen-bond acceptors (Lipinski definition) is 22. The Bertz CT molecular complexity index is 7010. The first-order valence-electron chi connectivity index (χ1n) is 40.0. The van der Waals surface area contributed by atoms with Gasteiger partial charge < -0.3 is 62.3 Å². The van der Waals surface area contributed by atoms with Crippen molar-refractivity contribution in [3.63, 3.8) is 0 Å². The number of anilines is 5. The molecule has 15 aromatic heterocycles. The molecule has 29 nitrogen and oxygen atoms in total. The van der Waals surface area contributed by atoms with Crippen LogP contribution in [0.1, 0.15) is 108 Å². The first-order chi connectivity index (χ1) is 62.4. The third-order valence-corrected chi connectivity index (χ3v) is 21.3. The van der Waals surface area contributed by atoms with E-state index in [4.69, 9.17) is 52.1 Å². The zero-order chi connectivity index (χ0) is 90.4. The number of primary amides is 1. The number of aromatic nitrogens is 20. The molecule has 0 spiro atoms. The van der Waals surface area contributed by atoms with Crippen molar-refractivity contribution >= 4 is 159 Å². The van der Waals surface area contributed by atoms with Crippen molar-refractivity contribution in [2.75, 3.05) is 33.1 Å². The number of pyridine rings is 5. The number of benzene rings is 4. The summed E-state index contributed by atoms with van der Waals surface area (Å²) >= 11 is 27.2. The van der Waals surface area contributed by atoms with E-state index in [1.807, 2.05) is 112 Å². The van der Waals surface area contributed by atoms with Crippen molar-refractivity contribution in [2.45, 2.75) is 65.2 Å². The Morgan fingerprint density at radius 1 is 0.411 bits per heavy atom. The first kappa shape index (κ1) is 88.9. The summed E-state index contributed by atoms with van der Waals surface area (Å²) in [5, 5.41) is 27.0. The van der Waals surface area contributed by atoms with Gasteiger partial charge in [0.1, 0.15) is 87.5 Å². The molecular weight excluding hydrogens is 1800 g/mol. The second-order valence-corrected chi connectivity index (χ2v) is 31.4. The van der Waals surface area contributed by atoms with E-state index < -0.39 is 17.7 Å². The van der Waals surface area contributed by atoms with Gasteiger partial charge in [0.15, 0.2) is 34.1 Å². The summed E-state index contributed by atoms with van der Waals surface area (Å²) in [7, 11) is 0. The number of nitrogens with two attached hydrogens (primary N) is 1. The van der Waals surface area contributed by atoms with Gasteiger partial charge in [-0.3, -0.25) is 14.8 Å². The standard InChI is InChI=1S/C20H16ClFN6O.C20H15ClFN5O2.C19H15ClFN5.C19H16ClN5.C14H14BrN5/c1-10(11-2-4-12(22)5-3-11)26-19-13(18(23)29)6-7-15(27-19)14-8-24-20-17(14)28-16(21)9-25-20;1-10(11-2-4-12(22)5-3-11)25-18-13(20(28)29)6-7-15(26-18)14-8-23-19-17(14)27-16(21)9-24-19;1-11(12-5-3-2-4-6-12)25-16-7-15(22-9-14(16)21)13-8-23-19-18(13)26-17(20)10-24-19;1-12(13-5-3-2-4-6-13)24-14-7-8-21-16(9-14)15-10-22-19-18(15)25-17(20)11-23-19;1-2-6-16-12-5-3-4-10(19-12)9-7-17-14-13(9)20-11(15)8-18-14/h2-10H,1H3,(H2,23,29)(H,24,25)(H,26,27);2-10H,1H3,(H,23,24)(H,25,26)(H,28,29);2-11H,1H3,(H,22,25)(H,23,24);2-12H,1H3,(H,21,24)(H,22,23);3-5,7-8H,2,6H2,1H3,(H,16,19)(H,17,18)/t2*10-;11-;12-;/m0000./s1. The smallest absolute Gasteiger partial charge is 0.339 e. The van der Waals surface area contributed by atoms with Crippen LogP contribution >= 0.6 is 62.3 Å². The molecule has 0 saturated carbocycles. The molecule has 129 heavy (non-hydrogen) atoms. The van der Waals surface area contributed by atoms with Crippen molar-refractivity contribution in [2.24, 2.45) is 5.73 Å². The van der Waals surface area contributed by atoms with E-state index in [0.29, 0.717) is 99.7 Å². The van der Waals surface area contributed by atoms with Crippen LogP contribution in [-0.4, -0.2) is 123 Å². The zero-order valence-electron chi connectivity index (χ0n) is 68.9. The molecule has 19 rings (SSSR count). The van der Waals surface area contributed by atoms with Crippen molar-refractivity contribution in [3.8, 4) is 56.3 Å². The van der Waals surface area contributed by atoms with Gasteiger partial charge >= 0.3 is 5.97 Å². The van der Waals surface area contributed by atoms with Gasteiger partial charge in [0, 0.05) is 101 Å². The minimum absolute atomic E-state index is 0.0201. The summed E-state index contributed by atoms with van der Waals surface area (Å²) in [4.78, 5) is 104. The van der Waals surface area contributed by atoms with Gasteiger partial charge in [-0.15, -0.1) is 0 Å².